The summed E-state index contributed by atoms with van der Waals surface area (Å²) < 4.78 is 38.5. The highest BCUT2D eigenvalue weighted by atomic mass is 19.4. The van der Waals surface area contributed by atoms with E-state index in [9.17, 15) is 18.0 Å². The number of amides is 1. The molecule has 1 atom stereocenters. The summed E-state index contributed by atoms with van der Waals surface area (Å²) in [5.74, 6) is -1.40. The molecule has 0 saturated carbocycles. The first-order chi connectivity index (χ1) is 13.9. The zero-order valence-electron chi connectivity index (χ0n) is 15.2. The van der Waals surface area contributed by atoms with Crippen molar-refractivity contribution in [3.8, 4) is 0 Å². The fourth-order valence-corrected chi connectivity index (χ4v) is 4.09. The Bertz CT molecular complexity index is 1240. The number of carbonyl (C=O) groups excluding carboxylic acids is 1. The lowest BCUT2D eigenvalue weighted by molar-refractivity contribution is -0.144. The highest BCUT2D eigenvalue weighted by Crippen LogP contribution is 2.35. The Hall–Kier alpha value is -3.29. The molecule has 1 amide bonds. The Morgan fingerprint density at radius 1 is 1.10 bits per heavy atom. The normalized spacial score (nSPS) is 16.9. The molecule has 0 bridgehead atoms. The molecule has 0 saturated heterocycles. The lowest BCUT2D eigenvalue weighted by Crippen LogP contribution is -2.31. The summed E-state index contributed by atoms with van der Waals surface area (Å²) in [6.07, 6.45) is -1.86. The Morgan fingerprint density at radius 2 is 1.93 bits per heavy atom. The summed E-state index contributed by atoms with van der Waals surface area (Å²) in [6, 6.07) is 12.2. The number of fused-ring (bicyclic) bond motifs is 4. The van der Waals surface area contributed by atoms with Crippen LogP contribution >= 0.6 is 0 Å². The van der Waals surface area contributed by atoms with Crippen molar-refractivity contribution in [2.75, 3.05) is 0 Å². The van der Waals surface area contributed by atoms with Gasteiger partial charge in [0.25, 0.3) is 5.91 Å². The van der Waals surface area contributed by atoms with E-state index in [1.165, 1.54) is 29.1 Å². The average molecular weight is 398 g/mol. The van der Waals surface area contributed by atoms with Crippen LogP contribution < -0.4 is 5.32 Å². The molecule has 0 fully saturated rings. The number of hydrogen-bond acceptors (Lipinski definition) is 2. The van der Waals surface area contributed by atoms with E-state index in [4.69, 9.17) is 0 Å². The first-order valence-corrected chi connectivity index (χ1v) is 9.37. The molecule has 8 heteroatoms. The number of alkyl halides is 3. The molecule has 1 aliphatic carbocycles. The summed E-state index contributed by atoms with van der Waals surface area (Å²) in [6.45, 7) is 0. The highest BCUT2D eigenvalue weighted by Gasteiger charge is 2.34. The van der Waals surface area contributed by atoms with Crippen molar-refractivity contribution in [2.24, 2.45) is 0 Å². The monoisotopic (exact) mass is 398 g/mol. The quantitative estimate of drug-likeness (QED) is 0.451. The van der Waals surface area contributed by atoms with Crippen molar-refractivity contribution < 1.29 is 18.0 Å². The van der Waals surface area contributed by atoms with Gasteiger partial charge in [-0.25, -0.2) is 4.98 Å². The Morgan fingerprint density at radius 3 is 2.76 bits per heavy atom. The molecule has 29 heavy (non-hydrogen) atoms. The number of nitrogens with one attached hydrogen (secondary N) is 3. The van der Waals surface area contributed by atoms with Crippen LogP contribution in [0.2, 0.25) is 0 Å². The molecule has 1 aliphatic rings. The summed E-state index contributed by atoms with van der Waals surface area (Å²) >= 11 is 0. The van der Waals surface area contributed by atoms with E-state index in [1.807, 2.05) is 18.2 Å². The van der Waals surface area contributed by atoms with E-state index in [0.717, 1.165) is 30.5 Å². The molecule has 2 aromatic heterocycles. The van der Waals surface area contributed by atoms with Crippen LogP contribution in [0, 0.1) is 0 Å². The van der Waals surface area contributed by atoms with Gasteiger partial charge in [-0.2, -0.15) is 13.2 Å². The SMILES string of the molecule is O=C(N[C@H]1CCCc2c1[nH]c1ccccc21)c1ccc2nc(C(F)(F)F)[nH]c2c1. The topological polar surface area (TPSA) is 73.6 Å². The van der Waals surface area contributed by atoms with Crippen LogP contribution in [0.25, 0.3) is 21.9 Å². The van der Waals surface area contributed by atoms with Crippen LogP contribution in [0.5, 0.6) is 0 Å². The number of aromatic nitrogens is 3. The Labute approximate surface area is 163 Å². The van der Waals surface area contributed by atoms with Crippen molar-refractivity contribution in [3.05, 3.63) is 65.1 Å². The van der Waals surface area contributed by atoms with Crippen LogP contribution in [0.3, 0.4) is 0 Å². The fourth-order valence-electron chi connectivity index (χ4n) is 4.09. The van der Waals surface area contributed by atoms with Crippen molar-refractivity contribution in [3.63, 3.8) is 0 Å². The van der Waals surface area contributed by atoms with Gasteiger partial charge in [0.05, 0.1) is 17.1 Å². The summed E-state index contributed by atoms with van der Waals surface area (Å²) in [4.78, 5) is 22.0. The molecule has 5 rings (SSSR count). The van der Waals surface area contributed by atoms with E-state index in [0.29, 0.717) is 0 Å². The molecule has 0 unspecified atom stereocenters. The molecule has 3 N–H and O–H groups in total. The zero-order chi connectivity index (χ0) is 20.2. The van der Waals surface area contributed by atoms with E-state index in [-0.39, 0.29) is 28.5 Å². The van der Waals surface area contributed by atoms with E-state index >= 15 is 0 Å². The minimum absolute atomic E-state index is 0.165. The Kier molecular flexibility index (Phi) is 3.90. The van der Waals surface area contributed by atoms with Crippen molar-refractivity contribution >= 4 is 27.8 Å². The van der Waals surface area contributed by atoms with Gasteiger partial charge in [0.2, 0.25) is 5.82 Å². The van der Waals surface area contributed by atoms with Crippen LogP contribution in [-0.2, 0) is 12.6 Å². The van der Waals surface area contributed by atoms with Gasteiger partial charge in [-0.15, -0.1) is 0 Å². The number of aromatic amines is 2. The highest BCUT2D eigenvalue weighted by molar-refractivity contribution is 5.97. The minimum atomic E-state index is -4.56. The van der Waals surface area contributed by atoms with Gasteiger partial charge in [0.15, 0.2) is 0 Å². The van der Waals surface area contributed by atoms with Crippen LogP contribution in [0.1, 0.15) is 46.3 Å². The molecule has 148 valence electrons. The van der Waals surface area contributed by atoms with E-state index in [2.05, 4.69) is 26.3 Å². The van der Waals surface area contributed by atoms with Gasteiger partial charge in [-0.3, -0.25) is 4.79 Å². The number of halogens is 3. The third-order valence-corrected chi connectivity index (χ3v) is 5.43. The number of benzene rings is 2. The number of rotatable bonds is 2. The van der Waals surface area contributed by atoms with Crippen LogP contribution in [0.15, 0.2) is 42.5 Å². The molecule has 0 spiro atoms. The molecular weight excluding hydrogens is 381 g/mol. The Balaban J connectivity index is 1.44. The van der Waals surface area contributed by atoms with Crippen LogP contribution in [-0.4, -0.2) is 20.9 Å². The number of aryl methyl sites for hydroxylation is 1. The summed E-state index contributed by atoms with van der Waals surface area (Å²) in [5.41, 5.74) is 3.91. The van der Waals surface area contributed by atoms with Crippen molar-refractivity contribution in [2.45, 2.75) is 31.5 Å². The number of hydrogen-bond donors (Lipinski definition) is 3. The van der Waals surface area contributed by atoms with Gasteiger partial charge in [-0.05, 0) is 49.1 Å². The number of H-pyrrole nitrogens is 2. The number of nitrogens with zero attached hydrogens (tertiary/aromatic N) is 1. The van der Waals surface area contributed by atoms with Crippen molar-refractivity contribution in [1.29, 1.82) is 0 Å². The maximum atomic E-state index is 12.8. The second kappa shape index (κ2) is 6.37. The number of carbonyl (C=O) groups is 1. The van der Waals surface area contributed by atoms with E-state index in [1.54, 1.807) is 0 Å². The molecule has 0 radical (unpaired) electrons. The third-order valence-electron chi connectivity index (χ3n) is 5.43. The smallest absolute Gasteiger partial charge is 0.356 e. The van der Waals surface area contributed by atoms with Crippen LogP contribution in [0.4, 0.5) is 13.2 Å². The van der Waals surface area contributed by atoms with Gasteiger partial charge < -0.3 is 15.3 Å². The molecule has 5 nitrogen and oxygen atoms in total. The average Bonchev–Trinajstić information content (AvgIpc) is 3.29. The predicted molar refractivity (Wildman–Crippen MR) is 103 cm³/mol. The maximum Gasteiger partial charge on any atom is 0.449 e. The number of imidazole rings is 1. The summed E-state index contributed by atoms with van der Waals surface area (Å²) in [7, 11) is 0. The first-order valence-electron chi connectivity index (χ1n) is 9.37. The molecule has 0 aliphatic heterocycles. The largest absolute Gasteiger partial charge is 0.449 e. The summed E-state index contributed by atoms with van der Waals surface area (Å²) in [5, 5.41) is 4.19. The second-order valence-electron chi connectivity index (χ2n) is 7.30. The lowest BCUT2D eigenvalue weighted by Gasteiger charge is -2.24. The molecular formula is C21H17F3N4O. The molecule has 4 aromatic rings. The minimum Gasteiger partial charge on any atom is -0.356 e. The zero-order valence-corrected chi connectivity index (χ0v) is 15.2. The van der Waals surface area contributed by atoms with Gasteiger partial charge in [-0.1, -0.05) is 18.2 Å². The standard InChI is InChI=1S/C21H17F3N4O/c22-21(23,24)20-27-15-9-8-11(10-17(15)28-20)19(29)26-16-7-3-5-13-12-4-1-2-6-14(12)25-18(13)16/h1-2,4,6,8-10,16,25H,3,5,7H2,(H,26,29)(H,27,28)/t16-/m0/s1. The molecule has 2 aromatic carbocycles. The predicted octanol–water partition coefficient (Wildman–Crippen LogP) is 4.87. The maximum absolute atomic E-state index is 12.8. The first kappa shape index (κ1) is 17.8. The van der Waals surface area contributed by atoms with Crippen molar-refractivity contribution in [1.82, 2.24) is 20.3 Å². The van der Waals surface area contributed by atoms with Gasteiger partial charge >= 0.3 is 6.18 Å². The molecule has 2 heterocycles. The van der Waals surface area contributed by atoms with Gasteiger partial charge in [0.1, 0.15) is 0 Å². The second-order valence-corrected chi connectivity index (χ2v) is 7.30. The number of para-hydroxylation sites is 1. The fraction of sp³-hybridized carbons (Fsp3) is 0.238. The lowest BCUT2D eigenvalue weighted by atomic mass is 9.91. The van der Waals surface area contributed by atoms with E-state index < -0.39 is 12.0 Å². The van der Waals surface area contributed by atoms with Gasteiger partial charge in [0, 0.05) is 22.2 Å². The third kappa shape index (κ3) is 3.04.